The number of pyridine rings is 1. The van der Waals surface area contributed by atoms with Gasteiger partial charge in [0.1, 0.15) is 11.7 Å². The third kappa shape index (κ3) is 2.63. The fourth-order valence-corrected chi connectivity index (χ4v) is 2.82. The number of rotatable bonds is 3. The molecule has 2 rings (SSSR count). The summed E-state index contributed by atoms with van der Waals surface area (Å²) in [5.74, 6) is 1.70. The van der Waals surface area contributed by atoms with Gasteiger partial charge in [-0.2, -0.15) is 0 Å². The largest absolute Gasteiger partial charge is 0.384 e. The highest BCUT2D eigenvalue weighted by molar-refractivity contribution is 5.99. The first kappa shape index (κ1) is 12.9. The summed E-state index contributed by atoms with van der Waals surface area (Å²) in [7, 11) is 2.07. The maximum Gasteiger partial charge on any atom is 0.139 e. The lowest BCUT2D eigenvalue weighted by molar-refractivity contribution is 0.335. The van der Waals surface area contributed by atoms with Gasteiger partial charge in [0.2, 0.25) is 0 Å². The van der Waals surface area contributed by atoms with Crippen molar-refractivity contribution in [2.45, 2.75) is 38.6 Å². The summed E-state index contributed by atoms with van der Waals surface area (Å²) in [6.45, 7) is 2.31. The van der Waals surface area contributed by atoms with Crippen LogP contribution in [0.15, 0.2) is 18.3 Å². The number of amidine groups is 1. The minimum atomic E-state index is 0.0915. The molecule has 4 nitrogen and oxygen atoms in total. The van der Waals surface area contributed by atoms with Gasteiger partial charge in [-0.05, 0) is 30.9 Å². The molecule has 0 aromatic carbocycles. The van der Waals surface area contributed by atoms with Crippen LogP contribution in [0.25, 0.3) is 0 Å². The number of hydrogen-bond acceptors (Lipinski definition) is 3. The Labute approximate surface area is 109 Å². The molecule has 1 saturated carbocycles. The van der Waals surface area contributed by atoms with Crippen LogP contribution >= 0.6 is 0 Å². The number of nitrogens with zero attached hydrogens (tertiary/aromatic N) is 2. The lowest BCUT2D eigenvalue weighted by atomic mass is 9.86. The van der Waals surface area contributed by atoms with Gasteiger partial charge < -0.3 is 10.6 Å². The number of nitrogens with two attached hydrogens (primary N) is 1. The summed E-state index contributed by atoms with van der Waals surface area (Å²) >= 11 is 0. The fraction of sp³-hybridized carbons (Fsp3) is 0.571. The van der Waals surface area contributed by atoms with E-state index in [9.17, 15) is 0 Å². The molecule has 1 aromatic rings. The Morgan fingerprint density at radius 2 is 2.28 bits per heavy atom. The van der Waals surface area contributed by atoms with Gasteiger partial charge >= 0.3 is 0 Å². The van der Waals surface area contributed by atoms with Crippen molar-refractivity contribution in [1.29, 1.82) is 5.41 Å². The van der Waals surface area contributed by atoms with Gasteiger partial charge in [-0.3, -0.25) is 5.41 Å². The maximum absolute atomic E-state index is 7.63. The Balaban J connectivity index is 2.22. The first-order chi connectivity index (χ1) is 8.59. The van der Waals surface area contributed by atoms with Gasteiger partial charge in [0.25, 0.3) is 0 Å². The zero-order valence-corrected chi connectivity index (χ0v) is 11.2. The van der Waals surface area contributed by atoms with Gasteiger partial charge in [0, 0.05) is 19.3 Å². The van der Waals surface area contributed by atoms with Crippen molar-refractivity contribution < 1.29 is 0 Å². The zero-order chi connectivity index (χ0) is 13.1. The smallest absolute Gasteiger partial charge is 0.139 e. The second-order valence-corrected chi connectivity index (χ2v) is 5.32. The molecule has 1 aliphatic rings. The van der Waals surface area contributed by atoms with Crippen LogP contribution in [0.1, 0.15) is 38.2 Å². The van der Waals surface area contributed by atoms with E-state index in [1.165, 1.54) is 25.7 Å². The molecular weight excluding hydrogens is 224 g/mol. The van der Waals surface area contributed by atoms with Crippen LogP contribution < -0.4 is 10.6 Å². The minimum Gasteiger partial charge on any atom is -0.384 e. The van der Waals surface area contributed by atoms with Crippen LogP contribution in [0.5, 0.6) is 0 Å². The highest BCUT2D eigenvalue weighted by Gasteiger charge is 2.24. The lowest BCUT2D eigenvalue weighted by Gasteiger charge is -2.35. The number of nitrogens with one attached hydrogen (secondary N) is 1. The molecule has 3 N–H and O–H groups in total. The minimum absolute atomic E-state index is 0.0915. The van der Waals surface area contributed by atoms with E-state index in [4.69, 9.17) is 11.1 Å². The molecule has 18 heavy (non-hydrogen) atoms. The standard InChI is InChI=1S/C14H22N4/c1-10-5-3-6-11(9-10)18(2)14-12(13(15)16)7-4-8-17-14/h4,7-8,10-11H,3,5-6,9H2,1-2H3,(H3,15,16). The first-order valence-electron chi connectivity index (χ1n) is 6.62. The molecule has 1 heterocycles. The summed E-state index contributed by atoms with van der Waals surface area (Å²) in [6, 6.07) is 4.21. The average Bonchev–Trinajstić information content (AvgIpc) is 2.38. The SMILES string of the molecule is CC1CCCC(N(C)c2ncccc2C(=N)N)C1. The molecule has 4 heteroatoms. The van der Waals surface area contributed by atoms with E-state index in [2.05, 4.69) is 23.9 Å². The molecule has 0 amide bonds. The van der Waals surface area contributed by atoms with E-state index < -0.39 is 0 Å². The zero-order valence-electron chi connectivity index (χ0n) is 11.2. The molecule has 98 valence electrons. The molecule has 1 aromatic heterocycles. The van der Waals surface area contributed by atoms with Crippen molar-refractivity contribution in [2.75, 3.05) is 11.9 Å². The molecule has 2 unspecified atom stereocenters. The van der Waals surface area contributed by atoms with Crippen molar-refractivity contribution in [1.82, 2.24) is 4.98 Å². The van der Waals surface area contributed by atoms with Crippen LogP contribution in [-0.4, -0.2) is 23.9 Å². The number of nitrogen functional groups attached to an aromatic ring is 1. The predicted molar refractivity (Wildman–Crippen MR) is 75.1 cm³/mol. The topological polar surface area (TPSA) is 66.0 Å². The molecule has 1 fully saturated rings. The molecule has 0 aliphatic heterocycles. The lowest BCUT2D eigenvalue weighted by Crippen LogP contribution is -2.37. The normalized spacial score (nSPS) is 23.7. The maximum atomic E-state index is 7.63. The molecule has 2 atom stereocenters. The van der Waals surface area contributed by atoms with Crippen molar-refractivity contribution in [2.24, 2.45) is 11.7 Å². The van der Waals surface area contributed by atoms with Crippen molar-refractivity contribution in [3.8, 4) is 0 Å². The summed E-state index contributed by atoms with van der Waals surface area (Å²) in [6.07, 6.45) is 6.77. The third-order valence-corrected chi connectivity index (χ3v) is 3.87. The molecule has 0 saturated heterocycles. The van der Waals surface area contributed by atoms with Crippen LogP contribution in [0, 0.1) is 11.3 Å². The summed E-state index contributed by atoms with van der Waals surface area (Å²) in [5.41, 5.74) is 6.36. The van der Waals surface area contributed by atoms with Crippen molar-refractivity contribution >= 4 is 11.7 Å². The Morgan fingerprint density at radius 1 is 1.50 bits per heavy atom. The predicted octanol–water partition coefficient (Wildman–Crippen LogP) is 2.38. The van der Waals surface area contributed by atoms with Crippen molar-refractivity contribution in [3.63, 3.8) is 0 Å². The average molecular weight is 246 g/mol. The van der Waals surface area contributed by atoms with E-state index in [0.717, 1.165) is 17.3 Å². The van der Waals surface area contributed by atoms with Crippen LogP contribution in [0.4, 0.5) is 5.82 Å². The van der Waals surface area contributed by atoms with Gasteiger partial charge in [-0.1, -0.05) is 19.8 Å². The number of hydrogen-bond donors (Lipinski definition) is 2. The Bertz CT molecular complexity index is 430. The summed E-state index contributed by atoms with van der Waals surface area (Å²) < 4.78 is 0. The monoisotopic (exact) mass is 246 g/mol. The number of aromatic nitrogens is 1. The van der Waals surface area contributed by atoms with Gasteiger partial charge in [-0.25, -0.2) is 4.98 Å². The first-order valence-corrected chi connectivity index (χ1v) is 6.62. The number of anilines is 1. The Morgan fingerprint density at radius 3 is 2.94 bits per heavy atom. The third-order valence-electron chi connectivity index (χ3n) is 3.87. The quantitative estimate of drug-likeness (QED) is 0.635. The highest BCUT2D eigenvalue weighted by Crippen LogP contribution is 2.29. The van der Waals surface area contributed by atoms with Crippen molar-refractivity contribution in [3.05, 3.63) is 23.9 Å². The summed E-state index contributed by atoms with van der Waals surface area (Å²) in [4.78, 5) is 6.61. The van der Waals surface area contributed by atoms with E-state index in [1.807, 2.05) is 12.1 Å². The molecule has 0 radical (unpaired) electrons. The van der Waals surface area contributed by atoms with E-state index >= 15 is 0 Å². The molecule has 0 spiro atoms. The molecule has 1 aliphatic carbocycles. The van der Waals surface area contributed by atoms with E-state index in [1.54, 1.807) is 6.20 Å². The second kappa shape index (κ2) is 5.38. The van der Waals surface area contributed by atoms with Crippen LogP contribution in [0.3, 0.4) is 0 Å². The molecule has 0 bridgehead atoms. The summed E-state index contributed by atoms with van der Waals surface area (Å²) in [5, 5.41) is 7.63. The van der Waals surface area contributed by atoms with E-state index in [-0.39, 0.29) is 5.84 Å². The highest BCUT2D eigenvalue weighted by atomic mass is 15.2. The van der Waals surface area contributed by atoms with Gasteiger partial charge in [0.15, 0.2) is 0 Å². The van der Waals surface area contributed by atoms with Gasteiger partial charge in [0.05, 0.1) is 5.56 Å². The Kier molecular flexibility index (Phi) is 3.84. The Hall–Kier alpha value is -1.58. The van der Waals surface area contributed by atoms with Crippen LogP contribution in [-0.2, 0) is 0 Å². The van der Waals surface area contributed by atoms with E-state index in [0.29, 0.717) is 6.04 Å². The van der Waals surface area contributed by atoms with Gasteiger partial charge in [-0.15, -0.1) is 0 Å². The second-order valence-electron chi connectivity index (χ2n) is 5.32. The fourth-order valence-electron chi connectivity index (χ4n) is 2.82. The van der Waals surface area contributed by atoms with Crippen LogP contribution in [0.2, 0.25) is 0 Å². The molecular formula is C14H22N4.